The van der Waals surface area contributed by atoms with Gasteiger partial charge in [0, 0.05) is 18.9 Å². The SMILES string of the molecule is O=C(Nc1ccc(NCc2ccncc2)nn1)c1cccs1. The lowest BCUT2D eigenvalue weighted by molar-refractivity contribution is 0.103. The smallest absolute Gasteiger partial charge is 0.266 e. The van der Waals surface area contributed by atoms with E-state index >= 15 is 0 Å². The fraction of sp³-hybridized carbons (Fsp3) is 0.0667. The highest BCUT2D eigenvalue weighted by molar-refractivity contribution is 7.12. The Morgan fingerprint density at radius 2 is 1.82 bits per heavy atom. The minimum absolute atomic E-state index is 0.179. The molecule has 0 aliphatic rings. The van der Waals surface area contributed by atoms with Crippen molar-refractivity contribution in [2.45, 2.75) is 6.54 Å². The van der Waals surface area contributed by atoms with Gasteiger partial charge in [-0.3, -0.25) is 9.78 Å². The fourth-order valence-corrected chi connectivity index (χ4v) is 2.39. The van der Waals surface area contributed by atoms with Gasteiger partial charge in [-0.15, -0.1) is 21.5 Å². The van der Waals surface area contributed by atoms with Crippen LogP contribution in [-0.4, -0.2) is 21.1 Å². The predicted octanol–water partition coefficient (Wildman–Crippen LogP) is 2.80. The topological polar surface area (TPSA) is 79.8 Å². The van der Waals surface area contributed by atoms with E-state index in [9.17, 15) is 4.79 Å². The number of aromatic nitrogens is 3. The summed E-state index contributed by atoms with van der Waals surface area (Å²) in [5.41, 5.74) is 1.10. The molecule has 22 heavy (non-hydrogen) atoms. The van der Waals surface area contributed by atoms with Gasteiger partial charge < -0.3 is 10.6 Å². The van der Waals surface area contributed by atoms with E-state index < -0.39 is 0 Å². The molecule has 0 saturated heterocycles. The molecule has 7 heteroatoms. The zero-order valence-corrected chi connectivity index (χ0v) is 12.4. The van der Waals surface area contributed by atoms with E-state index in [1.54, 1.807) is 30.6 Å². The molecule has 0 aliphatic heterocycles. The van der Waals surface area contributed by atoms with Gasteiger partial charge in [0.05, 0.1) is 4.88 Å². The van der Waals surface area contributed by atoms with E-state index in [0.29, 0.717) is 23.1 Å². The maximum absolute atomic E-state index is 11.9. The maximum atomic E-state index is 11.9. The average molecular weight is 311 g/mol. The first-order chi connectivity index (χ1) is 10.8. The van der Waals surface area contributed by atoms with Crippen LogP contribution in [0.5, 0.6) is 0 Å². The Morgan fingerprint density at radius 3 is 2.50 bits per heavy atom. The van der Waals surface area contributed by atoms with E-state index in [4.69, 9.17) is 0 Å². The monoisotopic (exact) mass is 311 g/mol. The molecule has 6 nitrogen and oxygen atoms in total. The van der Waals surface area contributed by atoms with Crippen LogP contribution in [-0.2, 0) is 6.54 Å². The summed E-state index contributed by atoms with van der Waals surface area (Å²) in [6, 6.07) is 10.9. The Bertz CT molecular complexity index is 728. The van der Waals surface area contributed by atoms with Crippen LogP contribution in [0.25, 0.3) is 0 Å². The number of carbonyl (C=O) groups excluding carboxylic acids is 1. The summed E-state index contributed by atoms with van der Waals surface area (Å²) < 4.78 is 0. The van der Waals surface area contributed by atoms with Crippen molar-refractivity contribution in [1.29, 1.82) is 0 Å². The minimum Gasteiger partial charge on any atom is -0.365 e. The summed E-state index contributed by atoms with van der Waals surface area (Å²) in [5, 5.41) is 15.7. The molecule has 0 aromatic carbocycles. The number of hydrogen-bond acceptors (Lipinski definition) is 6. The summed E-state index contributed by atoms with van der Waals surface area (Å²) in [6.45, 7) is 0.637. The van der Waals surface area contributed by atoms with Gasteiger partial charge in [0.15, 0.2) is 5.82 Å². The lowest BCUT2D eigenvalue weighted by atomic mass is 10.3. The number of hydrogen-bond donors (Lipinski definition) is 2. The van der Waals surface area contributed by atoms with Crippen molar-refractivity contribution in [2.24, 2.45) is 0 Å². The highest BCUT2D eigenvalue weighted by Crippen LogP contribution is 2.12. The molecule has 3 heterocycles. The van der Waals surface area contributed by atoms with E-state index in [2.05, 4.69) is 25.8 Å². The summed E-state index contributed by atoms with van der Waals surface area (Å²) in [6.07, 6.45) is 3.48. The summed E-state index contributed by atoms with van der Waals surface area (Å²) in [5.74, 6) is 0.889. The van der Waals surface area contributed by atoms with Crippen LogP contribution in [0.2, 0.25) is 0 Å². The van der Waals surface area contributed by atoms with Crippen molar-refractivity contribution in [2.75, 3.05) is 10.6 Å². The van der Waals surface area contributed by atoms with Gasteiger partial charge in [-0.25, -0.2) is 0 Å². The molecule has 2 N–H and O–H groups in total. The van der Waals surface area contributed by atoms with Gasteiger partial charge in [0.25, 0.3) is 5.91 Å². The molecular formula is C15H13N5OS. The molecule has 110 valence electrons. The molecule has 3 rings (SSSR count). The number of amides is 1. The van der Waals surface area contributed by atoms with Crippen LogP contribution in [0.3, 0.4) is 0 Å². The maximum Gasteiger partial charge on any atom is 0.266 e. The molecule has 0 radical (unpaired) electrons. The zero-order chi connectivity index (χ0) is 15.2. The predicted molar refractivity (Wildman–Crippen MR) is 85.9 cm³/mol. The third kappa shape index (κ3) is 3.64. The summed E-state index contributed by atoms with van der Waals surface area (Å²) in [7, 11) is 0. The molecule has 0 aliphatic carbocycles. The number of thiophene rings is 1. The third-order valence-corrected chi connectivity index (χ3v) is 3.74. The van der Waals surface area contributed by atoms with Crippen LogP contribution >= 0.6 is 11.3 Å². The van der Waals surface area contributed by atoms with Gasteiger partial charge >= 0.3 is 0 Å². The second-order valence-corrected chi connectivity index (χ2v) is 5.39. The standard InChI is InChI=1S/C15H13N5OS/c21-15(12-2-1-9-22-12)18-14-4-3-13(19-20-14)17-10-11-5-7-16-8-6-11/h1-9H,10H2,(H,17,19)(H,18,20,21). The van der Waals surface area contributed by atoms with Crippen LogP contribution in [0.1, 0.15) is 15.2 Å². The molecule has 1 amide bonds. The Labute approximate surface area is 131 Å². The van der Waals surface area contributed by atoms with Crippen LogP contribution in [0, 0.1) is 0 Å². The van der Waals surface area contributed by atoms with Crippen molar-refractivity contribution in [3.05, 3.63) is 64.6 Å². The molecule has 0 saturated carbocycles. The number of carbonyl (C=O) groups is 1. The number of nitrogens with one attached hydrogen (secondary N) is 2. The second kappa shape index (κ2) is 6.77. The zero-order valence-electron chi connectivity index (χ0n) is 11.6. The number of pyridine rings is 1. The second-order valence-electron chi connectivity index (χ2n) is 4.44. The van der Waals surface area contributed by atoms with Crippen LogP contribution in [0.4, 0.5) is 11.6 Å². The van der Waals surface area contributed by atoms with Crippen molar-refractivity contribution >= 4 is 28.9 Å². The number of nitrogens with zero attached hydrogens (tertiary/aromatic N) is 3. The fourth-order valence-electron chi connectivity index (χ4n) is 1.77. The number of anilines is 2. The Hall–Kier alpha value is -2.80. The van der Waals surface area contributed by atoms with Crippen LogP contribution in [0.15, 0.2) is 54.2 Å². The minimum atomic E-state index is -0.179. The molecule has 0 bridgehead atoms. The summed E-state index contributed by atoms with van der Waals surface area (Å²) in [4.78, 5) is 16.5. The van der Waals surface area contributed by atoms with Crippen LogP contribution < -0.4 is 10.6 Å². The quantitative estimate of drug-likeness (QED) is 0.757. The molecule has 0 fully saturated rings. The van der Waals surface area contributed by atoms with E-state index in [1.807, 2.05) is 23.6 Å². The van der Waals surface area contributed by atoms with Crippen molar-refractivity contribution in [3.8, 4) is 0 Å². The normalized spacial score (nSPS) is 10.2. The highest BCUT2D eigenvalue weighted by Gasteiger charge is 2.07. The Morgan fingerprint density at radius 1 is 1.05 bits per heavy atom. The Kier molecular flexibility index (Phi) is 4.35. The molecule has 0 unspecified atom stereocenters. The largest absolute Gasteiger partial charge is 0.365 e. The van der Waals surface area contributed by atoms with Gasteiger partial charge in [-0.1, -0.05) is 6.07 Å². The van der Waals surface area contributed by atoms with Crippen molar-refractivity contribution in [1.82, 2.24) is 15.2 Å². The number of rotatable bonds is 5. The molecular weight excluding hydrogens is 298 g/mol. The van der Waals surface area contributed by atoms with Gasteiger partial charge in [0.2, 0.25) is 0 Å². The Balaban J connectivity index is 1.57. The first-order valence-corrected chi connectivity index (χ1v) is 7.50. The van der Waals surface area contributed by atoms with Gasteiger partial charge in [-0.05, 0) is 41.3 Å². The summed E-state index contributed by atoms with van der Waals surface area (Å²) >= 11 is 1.38. The highest BCUT2D eigenvalue weighted by atomic mass is 32.1. The van der Waals surface area contributed by atoms with E-state index in [0.717, 1.165) is 5.56 Å². The van der Waals surface area contributed by atoms with E-state index in [-0.39, 0.29) is 5.91 Å². The first-order valence-electron chi connectivity index (χ1n) is 6.62. The molecule has 3 aromatic heterocycles. The van der Waals surface area contributed by atoms with Crippen molar-refractivity contribution in [3.63, 3.8) is 0 Å². The molecule has 0 atom stereocenters. The first kappa shape index (κ1) is 14.2. The molecule has 3 aromatic rings. The lowest BCUT2D eigenvalue weighted by Gasteiger charge is -2.06. The van der Waals surface area contributed by atoms with Gasteiger partial charge in [0.1, 0.15) is 5.82 Å². The lowest BCUT2D eigenvalue weighted by Crippen LogP contribution is -2.12. The van der Waals surface area contributed by atoms with Gasteiger partial charge in [-0.2, -0.15) is 0 Å². The molecule has 0 spiro atoms. The van der Waals surface area contributed by atoms with Crippen molar-refractivity contribution < 1.29 is 4.79 Å². The van der Waals surface area contributed by atoms with E-state index in [1.165, 1.54) is 11.3 Å². The average Bonchev–Trinajstić information content (AvgIpc) is 3.10. The third-order valence-electron chi connectivity index (χ3n) is 2.87.